The largest absolute Gasteiger partial charge is 0.392 e. The lowest BCUT2D eigenvalue weighted by Gasteiger charge is -2.37. The molecule has 1 aliphatic carbocycles. The first-order valence-corrected chi connectivity index (χ1v) is 7.48. The summed E-state index contributed by atoms with van der Waals surface area (Å²) in [6, 6.07) is 0.867. The zero-order chi connectivity index (χ0) is 15.8. The Hall–Kier alpha value is -0.690. The summed E-state index contributed by atoms with van der Waals surface area (Å²) in [6.45, 7) is 0. The van der Waals surface area contributed by atoms with E-state index in [4.69, 9.17) is 5.73 Å². The molecule has 1 aromatic carbocycles. The minimum atomic E-state index is -4.40. The molecule has 0 saturated heterocycles. The van der Waals surface area contributed by atoms with Gasteiger partial charge in [0.1, 0.15) is 11.6 Å². The van der Waals surface area contributed by atoms with Crippen molar-refractivity contribution in [3.8, 4) is 0 Å². The third-order valence-electron chi connectivity index (χ3n) is 4.11. The van der Waals surface area contributed by atoms with Gasteiger partial charge in [-0.15, -0.1) is 0 Å². The van der Waals surface area contributed by atoms with Gasteiger partial charge in [0, 0.05) is 11.6 Å². The van der Waals surface area contributed by atoms with E-state index in [0.29, 0.717) is 12.8 Å². The molecule has 3 unspecified atom stereocenters. The standard InChI is InChI=1S/C14H15BrF5N/c15-9-5-6-10(16)11(12(9)17)13(21)7-3-1-2-4-8(7)14(18,19)20/h5-8,13H,1-4,21H2. The second-order valence-corrected chi connectivity index (χ2v) is 6.23. The lowest BCUT2D eigenvalue weighted by molar-refractivity contribution is -0.198. The highest BCUT2D eigenvalue weighted by atomic mass is 79.9. The zero-order valence-corrected chi connectivity index (χ0v) is 12.6. The van der Waals surface area contributed by atoms with Crippen molar-refractivity contribution in [1.82, 2.24) is 0 Å². The predicted molar refractivity (Wildman–Crippen MR) is 72.5 cm³/mol. The molecule has 0 aliphatic heterocycles. The minimum absolute atomic E-state index is 0.00582. The number of hydrogen-bond donors (Lipinski definition) is 1. The van der Waals surface area contributed by atoms with Crippen molar-refractivity contribution in [1.29, 1.82) is 0 Å². The summed E-state index contributed by atoms with van der Waals surface area (Å²) in [6.07, 6.45) is -3.18. The van der Waals surface area contributed by atoms with Crippen molar-refractivity contribution in [2.75, 3.05) is 0 Å². The quantitative estimate of drug-likeness (QED) is 0.568. The third-order valence-corrected chi connectivity index (χ3v) is 4.73. The van der Waals surface area contributed by atoms with Crippen LogP contribution in [0.4, 0.5) is 22.0 Å². The maximum atomic E-state index is 14.0. The molecular formula is C14H15BrF5N. The van der Waals surface area contributed by atoms with Gasteiger partial charge in [-0.25, -0.2) is 8.78 Å². The van der Waals surface area contributed by atoms with E-state index in [-0.39, 0.29) is 17.3 Å². The van der Waals surface area contributed by atoms with Crippen LogP contribution >= 0.6 is 15.9 Å². The van der Waals surface area contributed by atoms with E-state index in [0.717, 1.165) is 6.07 Å². The predicted octanol–water partition coefficient (Wildman–Crippen LogP) is 5.10. The molecule has 0 heterocycles. The van der Waals surface area contributed by atoms with Crippen molar-refractivity contribution in [3.63, 3.8) is 0 Å². The van der Waals surface area contributed by atoms with Crippen LogP contribution in [0, 0.1) is 23.5 Å². The maximum Gasteiger partial charge on any atom is 0.392 e. The summed E-state index contributed by atoms with van der Waals surface area (Å²) in [4.78, 5) is 0. The van der Waals surface area contributed by atoms with Crippen LogP contribution in [0.25, 0.3) is 0 Å². The van der Waals surface area contributed by atoms with Gasteiger partial charge < -0.3 is 5.73 Å². The first-order valence-electron chi connectivity index (χ1n) is 6.69. The van der Waals surface area contributed by atoms with Crippen molar-refractivity contribution < 1.29 is 22.0 Å². The van der Waals surface area contributed by atoms with Crippen molar-refractivity contribution in [3.05, 3.63) is 33.8 Å². The van der Waals surface area contributed by atoms with Crippen LogP contribution in [0.3, 0.4) is 0 Å². The maximum absolute atomic E-state index is 14.0. The molecular weight excluding hydrogens is 357 g/mol. The summed E-state index contributed by atoms with van der Waals surface area (Å²) in [5.41, 5.74) is 5.36. The van der Waals surface area contributed by atoms with E-state index >= 15 is 0 Å². The van der Waals surface area contributed by atoms with Crippen molar-refractivity contribution in [2.45, 2.75) is 37.9 Å². The highest BCUT2D eigenvalue weighted by molar-refractivity contribution is 9.10. The average Bonchev–Trinajstić information content (AvgIpc) is 2.42. The SMILES string of the molecule is NC(c1c(F)ccc(Br)c1F)C1CCCCC1C(F)(F)F. The van der Waals surface area contributed by atoms with Crippen LogP contribution in [0.5, 0.6) is 0 Å². The fourth-order valence-corrected chi connectivity index (χ4v) is 3.40. The molecule has 1 nitrogen and oxygen atoms in total. The molecule has 0 amide bonds. The second-order valence-electron chi connectivity index (χ2n) is 5.38. The van der Waals surface area contributed by atoms with Gasteiger partial charge in [-0.05, 0) is 46.8 Å². The molecule has 7 heteroatoms. The van der Waals surface area contributed by atoms with Crippen molar-refractivity contribution in [2.24, 2.45) is 17.6 Å². The molecule has 0 aromatic heterocycles. The Morgan fingerprint density at radius 1 is 1.14 bits per heavy atom. The van der Waals surface area contributed by atoms with Crippen molar-refractivity contribution >= 4 is 15.9 Å². The molecule has 0 radical (unpaired) electrons. The van der Waals surface area contributed by atoms with E-state index in [9.17, 15) is 22.0 Å². The molecule has 21 heavy (non-hydrogen) atoms. The Bertz CT molecular complexity index is 517. The summed E-state index contributed by atoms with van der Waals surface area (Å²) in [5.74, 6) is -4.44. The van der Waals surface area contributed by atoms with Crippen LogP contribution in [-0.4, -0.2) is 6.18 Å². The van der Waals surface area contributed by atoms with E-state index in [1.165, 1.54) is 6.07 Å². The molecule has 118 valence electrons. The molecule has 1 saturated carbocycles. The molecule has 1 aromatic rings. The fourth-order valence-electron chi connectivity index (χ4n) is 3.06. The fraction of sp³-hybridized carbons (Fsp3) is 0.571. The zero-order valence-electron chi connectivity index (χ0n) is 11.1. The average molecular weight is 372 g/mol. The van der Waals surface area contributed by atoms with Gasteiger partial charge in [0.25, 0.3) is 0 Å². The van der Waals surface area contributed by atoms with E-state index in [1.807, 2.05) is 0 Å². The van der Waals surface area contributed by atoms with Gasteiger partial charge in [0.2, 0.25) is 0 Å². The van der Waals surface area contributed by atoms with Gasteiger partial charge in [-0.3, -0.25) is 0 Å². The Morgan fingerprint density at radius 3 is 2.38 bits per heavy atom. The Morgan fingerprint density at radius 2 is 1.76 bits per heavy atom. The topological polar surface area (TPSA) is 26.0 Å². The number of hydrogen-bond acceptors (Lipinski definition) is 1. The monoisotopic (exact) mass is 371 g/mol. The smallest absolute Gasteiger partial charge is 0.324 e. The Kier molecular flexibility index (Phi) is 4.92. The number of halogens is 6. The van der Waals surface area contributed by atoms with Crippen LogP contribution in [0.15, 0.2) is 16.6 Å². The van der Waals surface area contributed by atoms with Crippen LogP contribution in [0.2, 0.25) is 0 Å². The molecule has 0 bridgehead atoms. The van der Waals surface area contributed by atoms with Gasteiger partial charge in [0.05, 0.1) is 10.4 Å². The first-order chi connectivity index (χ1) is 9.73. The summed E-state index contributed by atoms with van der Waals surface area (Å²) < 4.78 is 67.2. The van der Waals surface area contributed by atoms with Gasteiger partial charge >= 0.3 is 6.18 Å². The van der Waals surface area contributed by atoms with Gasteiger partial charge in [-0.2, -0.15) is 13.2 Å². The van der Waals surface area contributed by atoms with Gasteiger partial charge in [0.15, 0.2) is 0 Å². The van der Waals surface area contributed by atoms with E-state index in [2.05, 4.69) is 15.9 Å². The molecule has 2 rings (SSSR count). The normalized spacial score (nSPS) is 24.9. The Labute approximate surface area is 127 Å². The molecule has 3 atom stereocenters. The lowest BCUT2D eigenvalue weighted by Crippen LogP contribution is -2.39. The highest BCUT2D eigenvalue weighted by Gasteiger charge is 2.48. The number of rotatable bonds is 2. The summed E-state index contributed by atoms with van der Waals surface area (Å²) >= 11 is 2.91. The number of benzene rings is 1. The van der Waals surface area contributed by atoms with Gasteiger partial charge in [-0.1, -0.05) is 12.8 Å². The highest BCUT2D eigenvalue weighted by Crippen LogP contribution is 2.46. The minimum Gasteiger partial charge on any atom is -0.324 e. The third kappa shape index (κ3) is 3.39. The van der Waals surface area contributed by atoms with Crippen LogP contribution in [0.1, 0.15) is 37.3 Å². The van der Waals surface area contributed by atoms with E-state index in [1.54, 1.807) is 0 Å². The summed E-state index contributed by atoms with van der Waals surface area (Å²) in [7, 11) is 0. The van der Waals surface area contributed by atoms with E-state index < -0.39 is 41.3 Å². The van der Waals surface area contributed by atoms with Crippen LogP contribution < -0.4 is 5.73 Å². The van der Waals surface area contributed by atoms with Crippen LogP contribution in [-0.2, 0) is 0 Å². The number of nitrogens with two attached hydrogens (primary N) is 1. The lowest BCUT2D eigenvalue weighted by atomic mass is 9.73. The summed E-state index contributed by atoms with van der Waals surface area (Å²) in [5, 5.41) is 0. The molecule has 1 aliphatic rings. The Balaban J connectivity index is 2.38. The molecule has 2 N–H and O–H groups in total. The second kappa shape index (κ2) is 6.20. The number of alkyl halides is 3. The molecule has 0 spiro atoms. The molecule has 1 fully saturated rings. The first kappa shape index (κ1) is 16.7.